The highest BCUT2D eigenvalue weighted by molar-refractivity contribution is 14.1. The van der Waals surface area contributed by atoms with Crippen LogP contribution in [0.3, 0.4) is 0 Å². The van der Waals surface area contributed by atoms with Crippen molar-refractivity contribution in [1.29, 1.82) is 0 Å². The number of nitrogens with zero attached hydrogens (tertiary/aromatic N) is 1. The molecule has 6 nitrogen and oxygen atoms in total. The molecule has 1 saturated heterocycles. The lowest BCUT2D eigenvalue weighted by molar-refractivity contribution is -0.123. The molecule has 5 rings (SSSR count). The number of rotatable bonds is 6. The number of thioether (sulfide) groups is 1. The van der Waals surface area contributed by atoms with Gasteiger partial charge in [-0.25, -0.2) is 4.79 Å². The van der Waals surface area contributed by atoms with Crippen molar-refractivity contribution >= 4 is 68.3 Å². The monoisotopic (exact) mass is 635 g/mol. The molecule has 0 unspecified atom stereocenters. The Morgan fingerprint density at radius 3 is 2.50 bits per heavy atom. The van der Waals surface area contributed by atoms with E-state index in [1.807, 2.05) is 61.5 Å². The van der Waals surface area contributed by atoms with E-state index in [2.05, 4.69) is 22.6 Å². The number of amides is 2. The molecule has 0 spiro atoms. The fourth-order valence-electron chi connectivity index (χ4n) is 4.15. The van der Waals surface area contributed by atoms with Gasteiger partial charge < -0.3 is 9.47 Å². The van der Waals surface area contributed by atoms with Crippen LogP contribution in [0, 0.1) is 10.5 Å². The molecule has 0 aliphatic carbocycles. The van der Waals surface area contributed by atoms with Crippen LogP contribution < -0.4 is 9.47 Å². The molecule has 0 atom stereocenters. The smallest absolute Gasteiger partial charge is 0.343 e. The summed E-state index contributed by atoms with van der Waals surface area (Å²) in [6.45, 7) is 2.14. The molecule has 1 fully saturated rings. The number of hydrogen-bond donors (Lipinski definition) is 0. The van der Waals surface area contributed by atoms with Crippen molar-refractivity contribution < 1.29 is 23.9 Å². The molecular weight excluding hydrogens is 613 g/mol. The lowest BCUT2D eigenvalue weighted by atomic mass is 10.0. The molecule has 1 heterocycles. The number of aryl methyl sites for hydroxylation is 1. The van der Waals surface area contributed by atoms with Crippen molar-refractivity contribution in [2.75, 3.05) is 7.11 Å². The second-order valence-electron chi connectivity index (χ2n) is 8.70. The number of fused-ring (bicyclic) bond motifs is 1. The van der Waals surface area contributed by atoms with Gasteiger partial charge in [0.05, 0.1) is 27.7 Å². The van der Waals surface area contributed by atoms with Gasteiger partial charge in [0.15, 0.2) is 11.5 Å². The molecule has 190 valence electrons. The third kappa shape index (κ3) is 5.32. The Bertz CT molecular complexity index is 1610. The highest BCUT2D eigenvalue weighted by atomic mass is 127. The first-order chi connectivity index (χ1) is 18.3. The van der Waals surface area contributed by atoms with Gasteiger partial charge in [-0.3, -0.25) is 14.5 Å². The van der Waals surface area contributed by atoms with E-state index in [0.29, 0.717) is 31.1 Å². The quantitative estimate of drug-likeness (QED) is 0.0965. The van der Waals surface area contributed by atoms with E-state index in [1.165, 1.54) is 12.0 Å². The fourth-order valence-corrected chi connectivity index (χ4v) is 5.73. The first-order valence-corrected chi connectivity index (χ1v) is 13.6. The lowest BCUT2D eigenvalue weighted by Crippen LogP contribution is -2.27. The van der Waals surface area contributed by atoms with Crippen LogP contribution in [-0.4, -0.2) is 29.1 Å². The van der Waals surface area contributed by atoms with Crippen LogP contribution in [0.4, 0.5) is 4.79 Å². The molecule has 1 aliphatic heterocycles. The SMILES string of the molecule is COc1cc(/C=C2\SC(=O)N(Cc3cccc4ccccc34)C2=O)cc(I)c1OC(=O)c1ccc(C)cc1. The maximum Gasteiger partial charge on any atom is 0.343 e. The van der Waals surface area contributed by atoms with Crippen molar-refractivity contribution in [3.8, 4) is 11.5 Å². The largest absolute Gasteiger partial charge is 0.493 e. The summed E-state index contributed by atoms with van der Waals surface area (Å²) < 4.78 is 11.8. The Morgan fingerprint density at radius 2 is 1.74 bits per heavy atom. The number of ether oxygens (including phenoxy) is 2. The third-order valence-electron chi connectivity index (χ3n) is 6.11. The molecule has 4 aromatic rings. The molecule has 8 heteroatoms. The van der Waals surface area contributed by atoms with Gasteiger partial charge in [0.2, 0.25) is 0 Å². The van der Waals surface area contributed by atoms with Gasteiger partial charge in [-0.15, -0.1) is 0 Å². The summed E-state index contributed by atoms with van der Waals surface area (Å²) in [6.07, 6.45) is 1.66. The number of carbonyl (C=O) groups excluding carboxylic acids is 3. The second-order valence-corrected chi connectivity index (χ2v) is 10.9. The summed E-state index contributed by atoms with van der Waals surface area (Å²) in [6, 6.07) is 24.3. The number of esters is 1. The molecule has 4 aromatic carbocycles. The van der Waals surface area contributed by atoms with Crippen molar-refractivity contribution in [2.45, 2.75) is 13.5 Å². The minimum Gasteiger partial charge on any atom is -0.493 e. The van der Waals surface area contributed by atoms with Crippen LogP contribution in [0.2, 0.25) is 0 Å². The normalized spacial score (nSPS) is 14.4. The maximum atomic E-state index is 13.2. The van der Waals surface area contributed by atoms with Crippen molar-refractivity contribution in [2.24, 2.45) is 0 Å². The van der Waals surface area contributed by atoms with Crippen LogP contribution in [0.15, 0.2) is 83.8 Å². The molecule has 2 amide bonds. The maximum absolute atomic E-state index is 13.2. The van der Waals surface area contributed by atoms with E-state index in [-0.39, 0.29) is 17.7 Å². The zero-order chi connectivity index (χ0) is 26.8. The average molecular weight is 635 g/mol. The molecular formula is C30H22INO5S. The Hall–Kier alpha value is -3.63. The molecule has 0 N–H and O–H groups in total. The highest BCUT2D eigenvalue weighted by Gasteiger charge is 2.35. The topological polar surface area (TPSA) is 72.9 Å². The summed E-state index contributed by atoms with van der Waals surface area (Å²) >= 11 is 2.96. The van der Waals surface area contributed by atoms with Crippen LogP contribution in [-0.2, 0) is 11.3 Å². The second kappa shape index (κ2) is 11.0. The van der Waals surface area contributed by atoms with E-state index < -0.39 is 5.97 Å². The number of imide groups is 1. The van der Waals surface area contributed by atoms with E-state index in [4.69, 9.17) is 9.47 Å². The summed E-state index contributed by atoms with van der Waals surface area (Å²) in [5.74, 6) is -0.209. The fraction of sp³-hybridized carbons (Fsp3) is 0.100. The third-order valence-corrected chi connectivity index (χ3v) is 7.82. The number of halogens is 1. The van der Waals surface area contributed by atoms with Crippen LogP contribution in [0.1, 0.15) is 27.0 Å². The van der Waals surface area contributed by atoms with Crippen LogP contribution in [0.5, 0.6) is 11.5 Å². The number of methoxy groups -OCH3 is 1. The van der Waals surface area contributed by atoms with E-state index in [0.717, 1.165) is 33.7 Å². The van der Waals surface area contributed by atoms with Gasteiger partial charge >= 0.3 is 5.97 Å². The van der Waals surface area contributed by atoms with Gasteiger partial charge in [-0.1, -0.05) is 60.2 Å². The van der Waals surface area contributed by atoms with Crippen LogP contribution in [0.25, 0.3) is 16.8 Å². The van der Waals surface area contributed by atoms with Gasteiger partial charge in [0.25, 0.3) is 11.1 Å². The van der Waals surface area contributed by atoms with Crippen molar-refractivity contribution in [1.82, 2.24) is 4.90 Å². The Kier molecular flexibility index (Phi) is 7.53. The summed E-state index contributed by atoms with van der Waals surface area (Å²) in [4.78, 5) is 40.2. The van der Waals surface area contributed by atoms with Crippen molar-refractivity contribution in [3.05, 3.63) is 110 Å². The van der Waals surface area contributed by atoms with Crippen molar-refractivity contribution in [3.63, 3.8) is 0 Å². The average Bonchev–Trinajstić information content (AvgIpc) is 3.17. The Balaban J connectivity index is 1.38. The molecule has 38 heavy (non-hydrogen) atoms. The summed E-state index contributed by atoms with van der Waals surface area (Å²) in [5.41, 5.74) is 3.02. The first-order valence-electron chi connectivity index (χ1n) is 11.7. The standard InChI is InChI=1S/C30H22INO5S/c1-18-10-12-21(13-11-18)29(34)37-27-24(31)14-19(15-25(27)36-2)16-26-28(33)32(30(35)38-26)17-22-8-5-7-20-6-3-4-9-23(20)22/h3-16H,17H2,1-2H3/b26-16-. The molecule has 0 aromatic heterocycles. The zero-order valence-electron chi connectivity index (χ0n) is 20.6. The highest BCUT2D eigenvalue weighted by Crippen LogP contribution is 2.38. The number of carbonyl (C=O) groups is 3. The van der Waals surface area contributed by atoms with E-state index >= 15 is 0 Å². The van der Waals surface area contributed by atoms with Gasteiger partial charge in [0, 0.05) is 0 Å². The number of hydrogen-bond acceptors (Lipinski definition) is 6. The van der Waals surface area contributed by atoms with Crippen LogP contribution >= 0.6 is 34.4 Å². The zero-order valence-corrected chi connectivity index (χ0v) is 23.5. The van der Waals surface area contributed by atoms with Gasteiger partial charge in [-0.2, -0.15) is 0 Å². The number of benzene rings is 4. The predicted molar refractivity (Wildman–Crippen MR) is 157 cm³/mol. The Morgan fingerprint density at radius 1 is 1.00 bits per heavy atom. The minimum atomic E-state index is -0.497. The molecule has 0 radical (unpaired) electrons. The van der Waals surface area contributed by atoms with E-state index in [9.17, 15) is 14.4 Å². The summed E-state index contributed by atoms with van der Waals surface area (Å²) in [5, 5.41) is 1.74. The molecule has 1 aliphatic rings. The molecule has 0 bridgehead atoms. The van der Waals surface area contributed by atoms with Gasteiger partial charge in [-0.05, 0) is 93.5 Å². The predicted octanol–water partition coefficient (Wildman–Crippen LogP) is 7.22. The molecule has 0 saturated carbocycles. The lowest BCUT2D eigenvalue weighted by Gasteiger charge is -2.14. The van der Waals surface area contributed by atoms with Gasteiger partial charge in [0.1, 0.15) is 0 Å². The summed E-state index contributed by atoms with van der Waals surface area (Å²) in [7, 11) is 1.48. The minimum absolute atomic E-state index is 0.193. The van der Waals surface area contributed by atoms with E-state index in [1.54, 1.807) is 30.3 Å². The first kappa shape index (κ1) is 26.0. The Labute approximate surface area is 237 Å².